The fourth-order valence-corrected chi connectivity index (χ4v) is 2.70. The molecular weight excluding hydrogens is 399 g/mol. The molecule has 1 N–H and O–H groups in total. The maximum absolute atomic E-state index is 11.8. The fourth-order valence-electron chi connectivity index (χ4n) is 1.43. The molecule has 0 fully saturated rings. The van der Waals surface area contributed by atoms with Crippen LogP contribution in [-0.4, -0.2) is 9.97 Å². The Morgan fingerprint density at radius 3 is 2.76 bits per heavy atom. The molecule has 17 heavy (non-hydrogen) atoms. The Morgan fingerprint density at radius 2 is 2.24 bits per heavy atom. The molecule has 0 aromatic carbocycles. The summed E-state index contributed by atoms with van der Waals surface area (Å²) in [5.41, 5.74) is 0.648. The Kier molecular flexibility index (Phi) is 3.72. The Hall–Kier alpha value is -0.630. The highest BCUT2D eigenvalue weighted by Gasteiger charge is 2.16. The van der Waals surface area contributed by atoms with E-state index < -0.39 is 0 Å². The van der Waals surface area contributed by atoms with E-state index in [4.69, 9.17) is 4.42 Å². The second kappa shape index (κ2) is 4.93. The summed E-state index contributed by atoms with van der Waals surface area (Å²) < 4.78 is 6.70. The zero-order valence-electron chi connectivity index (χ0n) is 9.25. The van der Waals surface area contributed by atoms with E-state index in [-0.39, 0.29) is 11.5 Å². The summed E-state index contributed by atoms with van der Waals surface area (Å²) in [4.78, 5) is 19.0. The molecule has 90 valence electrons. The van der Waals surface area contributed by atoms with Crippen molar-refractivity contribution in [1.29, 1.82) is 0 Å². The van der Waals surface area contributed by atoms with E-state index in [9.17, 15) is 4.79 Å². The number of aromatic nitrogens is 2. The standard InChI is InChI=1S/C11H10BrIN2O2/c1-5(2)8-7(13)11(16)15-10(14-8)9-6(12)3-4-17-9/h3-5H,1-2H3,(H,14,15,16). The smallest absolute Gasteiger partial charge is 0.264 e. The van der Waals surface area contributed by atoms with Gasteiger partial charge in [0.15, 0.2) is 11.6 Å². The predicted molar refractivity (Wildman–Crippen MR) is 77.1 cm³/mol. The minimum absolute atomic E-state index is 0.136. The lowest BCUT2D eigenvalue weighted by atomic mass is 10.1. The molecule has 0 aliphatic carbocycles. The van der Waals surface area contributed by atoms with Gasteiger partial charge in [-0.3, -0.25) is 4.79 Å². The summed E-state index contributed by atoms with van der Waals surface area (Å²) in [5, 5.41) is 0. The normalized spacial score (nSPS) is 11.1. The topological polar surface area (TPSA) is 58.9 Å². The number of H-pyrrole nitrogens is 1. The molecule has 2 heterocycles. The van der Waals surface area contributed by atoms with Crippen molar-refractivity contribution in [2.75, 3.05) is 0 Å². The number of aromatic amines is 1. The molecule has 2 aromatic heterocycles. The van der Waals surface area contributed by atoms with Gasteiger partial charge in [0, 0.05) is 0 Å². The molecule has 0 aliphatic rings. The number of nitrogens with one attached hydrogen (secondary N) is 1. The Labute approximate surface area is 120 Å². The minimum Gasteiger partial charge on any atom is -0.460 e. The number of hydrogen-bond acceptors (Lipinski definition) is 3. The van der Waals surface area contributed by atoms with Gasteiger partial charge < -0.3 is 9.40 Å². The van der Waals surface area contributed by atoms with Gasteiger partial charge in [-0.1, -0.05) is 13.8 Å². The molecule has 0 amide bonds. The minimum atomic E-state index is -0.136. The third-order valence-corrected chi connectivity index (χ3v) is 3.93. The number of nitrogens with zero attached hydrogens (tertiary/aromatic N) is 1. The van der Waals surface area contributed by atoms with Gasteiger partial charge in [0.05, 0.1) is 20.0 Å². The number of rotatable bonds is 2. The van der Waals surface area contributed by atoms with Crippen LogP contribution in [0, 0.1) is 3.57 Å². The number of furan rings is 1. The molecule has 0 aliphatic heterocycles. The van der Waals surface area contributed by atoms with Crippen LogP contribution < -0.4 is 5.56 Å². The second-order valence-electron chi connectivity index (χ2n) is 3.87. The average molecular weight is 409 g/mol. The molecule has 0 saturated carbocycles. The highest BCUT2D eigenvalue weighted by atomic mass is 127. The first-order chi connectivity index (χ1) is 8.00. The van der Waals surface area contributed by atoms with E-state index in [1.54, 1.807) is 12.3 Å². The van der Waals surface area contributed by atoms with E-state index in [0.29, 0.717) is 15.2 Å². The number of halogens is 2. The number of hydrogen-bond donors (Lipinski definition) is 1. The molecule has 6 heteroatoms. The molecule has 0 saturated heterocycles. The van der Waals surface area contributed by atoms with Gasteiger partial charge in [-0.2, -0.15) is 0 Å². The first-order valence-corrected chi connectivity index (χ1v) is 6.91. The van der Waals surface area contributed by atoms with Crippen molar-refractivity contribution in [1.82, 2.24) is 9.97 Å². The third kappa shape index (κ3) is 2.47. The van der Waals surface area contributed by atoms with Crippen LogP contribution in [0.2, 0.25) is 0 Å². The second-order valence-corrected chi connectivity index (χ2v) is 5.80. The van der Waals surface area contributed by atoms with E-state index in [0.717, 1.165) is 10.2 Å². The summed E-state index contributed by atoms with van der Waals surface area (Å²) in [6.45, 7) is 4.01. The lowest BCUT2D eigenvalue weighted by Crippen LogP contribution is -2.17. The summed E-state index contributed by atoms with van der Waals surface area (Å²) >= 11 is 5.36. The van der Waals surface area contributed by atoms with Crippen molar-refractivity contribution in [2.45, 2.75) is 19.8 Å². The van der Waals surface area contributed by atoms with Crippen LogP contribution in [-0.2, 0) is 0 Å². The largest absolute Gasteiger partial charge is 0.460 e. The molecule has 2 aromatic rings. The van der Waals surface area contributed by atoms with Gasteiger partial charge in [-0.05, 0) is 50.5 Å². The van der Waals surface area contributed by atoms with Gasteiger partial charge in [0.1, 0.15) is 0 Å². The van der Waals surface area contributed by atoms with E-state index in [1.807, 2.05) is 36.4 Å². The van der Waals surface area contributed by atoms with Gasteiger partial charge >= 0.3 is 0 Å². The predicted octanol–water partition coefficient (Wildman–Crippen LogP) is 3.52. The molecular formula is C11H10BrIN2O2. The van der Waals surface area contributed by atoms with E-state index in [2.05, 4.69) is 25.9 Å². The van der Waals surface area contributed by atoms with Crippen molar-refractivity contribution in [3.8, 4) is 11.6 Å². The molecule has 0 unspecified atom stereocenters. The van der Waals surface area contributed by atoms with Crippen LogP contribution in [0.15, 0.2) is 26.0 Å². The van der Waals surface area contributed by atoms with Crippen molar-refractivity contribution in [3.63, 3.8) is 0 Å². The average Bonchev–Trinajstić information content (AvgIpc) is 2.68. The zero-order valence-corrected chi connectivity index (χ0v) is 13.0. The van der Waals surface area contributed by atoms with Crippen LogP contribution in [0.5, 0.6) is 0 Å². The zero-order chi connectivity index (χ0) is 12.6. The molecule has 0 radical (unpaired) electrons. The van der Waals surface area contributed by atoms with Crippen molar-refractivity contribution in [3.05, 3.63) is 36.4 Å². The molecule has 0 atom stereocenters. The summed E-state index contributed by atoms with van der Waals surface area (Å²) in [7, 11) is 0. The monoisotopic (exact) mass is 408 g/mol. The van der Waals surface area contributed by atoms with Crippen LogP contribution in [0.25, 0.3) is 11.6 Å². The van der Waals surface area contributed by atoms with E-state index >= 15 is 0 Å². The third-order valence-electron chi connectivity index (χ3n) is 2.27. The lowest BCUT2D eigenvalue weighted by Gasteiger charge is -2.08. The summed E-state index contributed by atoms with van der Waals surface area (Å²) in [6.07, 6.45) is 1.55. The molecule has 4 nitrogen and oxygen atoms in total. The van der Waals surface area contributed by atoms with Crippen molar-refractivity contribution < 1.29 is 4.42 Å². The fraction of sp³-hybridized carbons (Fsp3) is 0.273. The van der Waals surface area contributed by atoms with E-state index in [1.165, 1.54) is 0 Å². The highest BCUT2D eigenvalue weighted by molar-refractivity contribution is 14.1. The van der Waals surface area contributed by atoms with Gasteiger partial charge in [0.25, 0.3) is 5.56 Å². The Bertz CT molecular complexity index is 604. The maximum Gasteiger partial charge on any atom is 0.264 e. The first kappa shape index (κ1) is 12.8. The first-order valence-electron chi connectivity index (χ1n) is 5.03. The Morgan fingerprint density at radius 1 is 1.53 bits per heavy atom. The Balaban J connectivity index is 2.66. The highest BCUT2D eigenvalue weighted by Crippen LogP contribution is 2.27. The lowest BCUT2D eigenvalue weighted by molar-refractivity contribution is 0.574. The van der Waals surface area contributed by atoms with Gasteiger partial charge in [-0.25, -0.2) is 4.98 Å². The summed E-state index contributed by atoms with van der Waals surface area (Å²) in [5.74, 6) is 1.19. The van der Waals surface area contributed by atoms with Gasteiger partial charge in [-0.15, -0.1) is 0 Å². The van der Waals surface area contributed by atoms with Crippen LogP contribution in [0.3, 0.4) is 0 Å². The quantitative estimate of drug-likeness (QED) is 0.773. The van der Waals surface area contributed by atoms with Crippen LogP contribution >= 0.6 is 38.5 Å². The van der Waals surface area contributed by atoms with Crippen LogP contribution in [0.1, 0.15) is 25.5 Å². The molecule has 2 rings (SSSR count). The molecule has 0 bridgehead atoms. The van der Waals surface area contributed by atoms with Crippen LogP contribution in [0.4, 0.5) is 0 Å². The molecule has 0 spiro atoms. The van der Waals surface area contributed by atoms with Gasteiger partial charge in [0.2, 0.25) is 0 Å². The maximum atomic E-state index is 11.8. The SMILES string of the molecule is CC(C)c1nc(-c2occc2Br)[nH]c(=O)c1I. The van der Waals surface area contributed by atoms with Crippen molar-refractivity contribution >= 4 is 38.5 Å². The van der Waals surface area contributed by atoms with Crippen molar-refractivity contribution in [2.24, 2.45) is 0 Å². The summed E-state index contributed by atoms with van der Waals surface area (Å²) in [6, 6.07) is 1.77.